The summed E-state index contributed by atoms with van der Waals surface area (Å²) < 4.78 is 26.1. The second kappa shape index (κ2) is 7.06. The molecule has 1 atom stereocenters. The van der Waals surface area contributed by atoms with Gasteiger partial charge in [0.25, 0.3) is 0 Å². The first-order valence-corrected chi connectivity index (χ1v) is 8.64. The average Bonchev–Trinajstić information content (AvgIpc) is 2.92. The van der Waals surface area contributed by atoms with E-state index in [1.807, 2.05) is 12.1 Å². The summed E-state index contributed by atoms with van der Waals surface area (Å²) in [6.07, 6.45) is 2.39. The zero-order chi connectivity index (χ0) is 14.4. The summed E-state index contributed by atoms with van der Waals surface area (Å²) in [4.78, 5) is 0.310. The molecule has 3 N–H and O–H groups in total. The van der Waals surface area contributed by atoms with Crippen molar-refractivity contribution in [2.75, 3.05) is 31.5 Å². The Morgan fingerprint density at radius 3 is 2.65 bits per heavy atom. The Labute approximate surface area is 121 Å². The Morgan fingerprint density at radius 2 is 2.05 bits per heavy atom. The van der Waals surface area contributed by atoms with Gasteiger partial charge in [-0.25, -0.2) is 13.1 Å². The minimum Gasteiger partial charge on any atom is -0.385 e. The third-order valence-corrected chi connectivity index (χ3v) is 5.10. The van der Waals surface area contributed by atoms with Crippen molar-refractivity contribution in [3.63, 3.8) is 0 Å². The van der Waals surface area contributed by atoms with Gasteiger partial charge < -0.3 is 10.6 Å². The maximum Gasteiger partial charge on any atom is 0.240 e. The predicted octanol–water partition coefficient (Wildman–Crippen LogP) is 1.40. The van der Waals surface area contributed by atoms with Crippen LogP contribution in [0.2, 0.25) is 0 Å². The van der Waals surface area contributed by atoms with Gasteiger partial charge >= 0.3 is 0 Å². The molecule has 1 aliphatic heterocycles. The molecule has 112 valence electrons. The summed E-state index contributed by atoms with van der Waals surface area (Å²) in [6.45, 7) is 5.33. The first-order chi connectivity index (χ1) is 9.62. The SMILES string of the molecule is CCNS(=O)(=O)c1ccc(NCCC2CCNC2)cc1. The van der Waals surface area contributed by atoms with Crippen LogP contribution in [-0.2, 0) is 10.0 Å². The number of anilines is 1. The van der Waals surface area contributed by atoms with E-state index in [2.05, 4.69) is 15.4 Å². The molecule has 1 aromatic carbocycles. The van der Waals surface area contributed by atoms with Crippen LogP contribution in [0.25, 0.3) is 0 Å². The molecule has 6 heteroatoms. The van der Waals surface area contributed by atoms with E-state index in [1.54, 1.807) is 19.1 Å². The molecule has 0 radical (unpaired) electrons. The van der Waals surface area contributed by atoms with Crippen molar-refractivity contribution < 1.29 is 8.42 Å². The van der Waals surface area contributed by atoms with Gasteiger partial charge in [-0.1, -0.05) is 6.92 Å². The zero-order valence-corrected chi connectivity index (χ0v) is 12.7. The minimum absolute atomic E-state index is 0.310. The van der Waals surface area contributed by atoms with Crippen LogP contribution in [0.1, 0.15) is 19.8 Å². The lowest BCUT2D eigenvalue weighted by Gasteiger charge is -2.11. The van der Waals surface area contributed by atoms with Gasteiger partial charge in [0, 0.05) is 18.8 Å². The van der Waals surface area contributed by atoms with Crippen LogP contribution in [0.3, 0.4) is 0 Å². The quantitative estimate of drug-likeness (QED) is 0.711. The molecule has 0 spiro atoms. The summed E-state index contributed by atoms with van der Waals surface area (Å²) in [5, 5.41) is 6.69. The molecule has 0 saturated carbocycles. The fourth-order valence-corrected chi connectivity index (χ4v) is 3.45. The monoisotopic (exact) mass is 297 g/mol. The maximum atomic E-state index is 11.8. The molecule has 1 fully saturated rings. The predicted molar refractivity (Wildman–Crippen MR) is 81.4 cm³/mol. The Bertz CT molecular complexity index is 508. The van der Waals surface area contributed by atoms with Gasteiger partial charge in [-0.3, -0.25) is 0 Å². The molecule has 1 saturated heterocycles. The molecule has 1 heterocycles. The van der Waals surface area contributed by atoms with E-state index >= 15 is 0 Å². The Morgan fingerprint density at radius 1 is 1.30 bits per heavy atom. The Balaban J connectivity index is 1.85. The molecule has 0 bridgehead atoms. The van der Waals surface area contributed by atoms with Crippen LogP contribution >= 0.6 is 0 Å². The fourth-order valence-electron chi connectivity index (χ4n) is 2.41. The second-order valence-electron chi connectivity index (χ2n) is 5.10. The van der Waals surface area contributed by atoms with Crippen LogP contribution in [0.15, 0.2) is 29.2 Å². The average molecular weight is 297 g/mol. The second-order valence-corrected chi connectivity index (χ2v) is 6.87. The summed E-state index contributed by atoms with van der Waals surface area (Å²) in [6, 6.07) is 6.91. The summed E-state index contributed by atoms with van der Waals surface area (Å²) in [5.74, 6) is 0.760. The van der Waals surface area contributed by atoms with Gasteiger partial charge in [0.15, 0.2) is 0 Å². The van der Waals surface area contributed by atoms with Gasteiger partial charge in [0.2, 0.25) is 10.0 Å². The highest BCUT2D eigenvalue weighted by atomic mass is 32.2. The lowest BCUT2D eigenvalue weighted by Crippen LogP contribution is -2.23. The van der Waals surface area contributed by atoms with E-state index in [4.69, 9.17) is 0 Å². The number of rotatable bonds is 7. The van der Waals surface area contributed by atoms with Crippen molar-refractivity contribution in [3.8, 4) is 0 Å². The van der Waals surface area contributed by atoms with Gasteiger partial charge in [-0.2, -0.15) is 0 Å². The molecule has 1 aliphatic rings. The first-order valence-electron chi connectivity index (χ1n) is 7.16. The smallest absolute Gasteiger partial charge is 0.240 e. The molecule has 0 amide bonds. The Hall–Kier alpha value is -1.11. The highest BCUT2D eigenvalue weighted by Crippen LogP contribution is 2.16. The van der Waals surface area contributed by atoms with E-state index < -0.39 is 10.0 Å². The van der Waals surface area contributed by atoms with Crippen LogP contribution in [-0.4, -0.2) is 34.6 Å². The van der Waals surface area contributed by atoms with Crippen molar-refractivity contribution in [2.45, 2.75) is 24.7 Å². The zero-order valence-electron chi connectivity index (χ0n) is 11.9. The summed E-state index contributed by atoms with van der Waals surface area (Å²) in [5.41, 5.74) is 0.964. The Kier molecular flexibility index (Phi) is 5.39. The van der Waals surface area contributed by atoms with Gasteiger partial charge in [-0.05, 0) is 56.1 Å². The topological polar surface area (TPSA) is 70.2 Å². The molecule has 0 aromatic heterocycles. The van der Waals surface area contributed by atoms with E-state index in [0.29, 0.717) is 11.4 Å². The first kappa shape index (κ1) is 15.3. The van der Waals surface area contributed by atoms with Crippen molar-refractivity contribution in [1.29, 1.82) is 0 Å². The van der Waals surface area contributed by atoms with Crippen LogP contribution < -0.4 is 15.4 Å². The third kappa shape index (κ3) is 4.19. The van der Waals surface area contributed by atoms with Gasteiger partial charge in [-0.15, -0.1) is 0 Å². The van der Waals surface area contributed by atoms with Gasteiger partial charge in [0.1, 0.15) is 0 Å². The molecule has 1 unspecified atom stereocenters. The molecule has 5 nitrogen and oxygen atoms in total. The number of sulfonamides is 1. The van der Waals surface area contributed by atoms with E-state index in [0.717, 1.165) is 37.7 Å². The number of hydrogen-bond donors (Lipinski definition) is 3. The number of benzene rings is 1. The molecule has 1 aromatic rings. The van der Waals surface area contributed by atoms with E-state index in [-0.39, 0.29) is 0 Å². The highest BCUT2D eigenvalue weighted by molar-refractivity contribution is 7.89. The van der Waals surface area contributed by atoms with Crippen molar-refractivity contribution >= 4 is 15.7 Å². The highest BCUT2D eigenvalue weighted by Gasteiger charge is 2.14. The standard InChI is InChI=1S/C14H23N3O2S/c1-2-17-20(18,19)14-5-3-13(4-6-14)16-10-8-12-7-9-15-11-12/h3-6,12,15-17H,2,7-11H2,1H3. The molecule has 2 rings (SSSR count). The molecular weight excluding hydrogens is 274 g/mol. The number of hydrogen-bond acceptors (Lipinski definition) is 4. The normalized spacial score (nSPS) is 19.1. The van der Waals surface area contributed by atoms with Crippen LogP contribution in [0, 0.1) is 5.92 Å². The molecular formula is C14H23N3O2S. The van der Waals surface area contributed by atoms with E-state index in [1.165, 1.54) is 6.42 Å². The lowest BCUT2D eigenvalue weighted by molar-refractivity contribution is 0.549. The van der Waals surface area contributed by atoms with Gasteiger partial charge in [0.05, 0.1) is 4.90 Å². The van der Waals surface area contributed by atoms with Crippen LogP contribution in [0.4, 0.5) is 5.69 Å². The van der Waals surface area contributed by atoms with Crippen LogP contribution in [0.5, 0.6) is 0 Å². The largest absolute Gasteiger partial charge is 0.385 e. The summed E-state index contributed by atoms with van der Waals surface area (Å²) in [7, 11) is -3.35. The van der Waals surface area contributed by atoms with E-state index in [9.17, 15) is 8.42 Å². The summed E-state index contributed by atoms with van der Waals surface area (Å²) >= 11 is 0. The third-order valence-electron chi connectivity index (χ3n) is 3.54. The fraction of sp³-hybridized carbons (Fsp3) is 0.571. The maximum absolute atomic E-state index is 11.8. The van der Waals surface area contributed by atoms with Crippen molar-refractivity contribution in [1.82, 2.24) is 10.0 Å². The molecule has 20 heavy (non-hydrogen) atoms. The van der Waals surface area contributed by atoms with Crippen molar-refractivity contribution in [2.24, 2.45) is 5.92 Å². The minimum atomic E-state index is -3.35. The molecule has 0 aliphatic carbocycles. The van der Waals surface area contributed by atoms with Crippen molar-refractivity contribution in [3.05, 3.63) is 24.3 Å². The number of nitrogens with one attached hydrogen (secondary N) is 3. The lowest BCUT2D eigenvalue weighted by atomic mass is 10.1.